The first-order valence-corrected chi connectivity index (χ1v) is 7.99. The van der Waals surface area contributed by atoms with E-state index in [9.17, 15) is 4.79 Å². The van der Waals surface area contributed by atoms with Gasteiger partial charge in [-0.25, -0.2) is 9.78 Å². The van der Waals surface area contributed by atoms with Crippen molar-refractivity contribution in [1.82, 2.24) is 15.2 Å². The van der Waals surface area contributed by atoms with Crippen LogP contribution in [0.3, 0.4) is 0 Å². The van der Waals surface area contributed by atoms with Crippen molar-refractivity contribution in [3.8, 4) is 0 Å². The highest BCUT2D eigenvalue weighted by Crippen LogP contribution is 2.18. The Labute approximate surface area is 137 Å². The molecule has 0 spiro atoms. The molecule has 1 N–H and O–H groups in total. The summed E-state index contributed by atoms with van der Waals surface area (Å²) in [5.74, 6) is 0.466. The topological polar surface area (TPSA) is 54.5 Å². The molecule has 1 aromatic heterocycles. The quantitative estimate of drug-likeness (QED) is 0.864. The summed E-state index contributed by atoms with van der Waals surface area (Å²) in [4.78, 5) is 18.1. The minimum atomic E-state index is -0.451. The summed E-state index contributed by atoms with van der Waals surface area (Å²) in [6, 6.07) is 3.82. The van der Waals surface area contributed by atoms with Crippen molar-refractivity contribution in [1.29, 1.82) is 0 Å². The van der Waals surface area contributed by atoms with Gasteiger partial charge in [0.2, 0.25) is 0 Å². The Morgan fingerprint density at radius 1 is 1.50 bits per heavy atom. The largest absolute Gasteiger partial charge is 0.444 e. The molecule has 1 aliphatic heterocycles. The maximum atomic E-state index is 11.7. The lowest BCUT2D eigenvalue weighted by Crippen LogP contribution is -2.35. The van der Waals surface area contributed by atoms with E-state index in [-0.39, 0.29) is 6.09 Å². The summed E-state index contributed by atoms with van der Waals surface area (Å²) in [7, 11) is 0. The Kier molecular flexibility index (Phi) is 5.64. The number of alkyl carbamates (subject to hydrolysis) is 1. The first-order valence-electron chi connectivity index (χ1n) is 7.61. The maximum absolute atomic E-state index is 11.7. The molecule has 2 heterocycles. The molecule has 2 rings (SSSR count). The van der Waals surface area contributed by atoms with Gasteiger partial charge in [-0.1, -0.05) is 17.7 Å². The molecule has 0 unspecified atom stereocenters. The summed E-state index contributed by atoms with van der Waals surface area (Å²) in [6.45, 7) is 9.12. The smallest absolute Gasteiger partial charge is 0.407 e. The van der Waals surface area contributed by atoms with Crippen LogP contribution in [-0.2, 0) is 11.3 Å². The van der Waals surface area contributed by atoms with Gasteiger partial charge >= 0.3 is 6.09 Å². The number of amides is 1. The lowest BCUT2D eigenvalue weighted by atomic mass is 10.1. The Balaban J connectivity index is 1.71. The van der Waals surface area contributed by atoms with Crippen molar-refractivity contribution in [2.24, 2.45) is 5.92 Å². The van der Waals surface area contributed by atoms with Gasteiger partial charge in [-0.3, -0.25) is 4.90 Å². The average Bonchev–Trinajstić information content (AvgIpc) is 2.85. The van der Waals surface area contributed by atoms with Gasteiger partial charge in [0.1, 0.15) is 10.8 Å². The molecular formula is C16H24ClN3O2. The molecule has 0 saturated carbocycles. The van der Waals surface area contributed by atoms with Crippen molar-refractivity contribution in [3.63, 3.8) is 0 Å². The number of rotatable bonds is 4. The first kappa shape index (κ1) is 17.0. The second-order valence-electron chi connectivity index (χ2n) is 6.76. The summed E-state index contributed by atoms with van der Waals surface area (Å²) in [5, 5.41) is 3.37. The number of hydrogen-bond donors (Lipinski definition) is 1. The van der Waals surface area contributed by atoms with E-state index in [2.05, 4.69) is 15.2 Å². The Morgan fingerprint density at radius 3 is 2.91 bits per heavy atom. The predicted octanol–water partition coefficient (Wildman–Crippen LogP) is 3.08. The number of hydrogen-bond acceptors (Lipinski definition) is 4. The standard InChI is InChI=1S/C16H24ClN3O2/c1-16(2,3)22-15(21)19-9-13-6-7-20(11-13)10-12-4-5-14(17)18-8-12/h4-5,8,13H,6-7,9-11H2,1-3H3,(H,19,21)/t13-/m1/s1. The normalized spacial score (nSPS) is 19.2. The van der Waals surface area contributed by atoms with Gasteiger partial charge in [-0.15, -0.1) is 0 Å². The highest BCUT2D eigenvalue weighted by atomic mass is 35.5. The van der Waals surface area contributed by atoms with Crippen LogP contribution in [0.1, 0.15) is 32.8 Å². The van der Waals surface area contributed by atoms with Crippen LogP contribution in [0.15, 0.2) is 18.3 Å². The SMILES string of the molecule is CC(C)(C)OC(=O)NC[C@H]1CCN(Cc2ccc(Cl)nc2)C1. The van der Waals surface area contributed by atoms with Crippen LogP contribution < -0.4 is 5.32 Å². The number of aromatic nitrogens is 1. The van der Waals surface area contributed by atoms with Gasteiger partial charge in [0.15, 0.2) is 0 Å². The van der Waals surface area contributed by atoms with Crippen molar-refractivity contribution in [3.05, 3.63) is 29.0 Å². The number of nitrogens with one attached hydrogen (secondary N) is 1. The number of nitrogens with zero attached hydrogens (tertiary/aromatic N) is 2. The van der Waals surface area contributed by atoms with Gasteiger partial charge in [-0.2, -0.15) is 0 Å². The molecule has 22 heavy (non-hydrogen) atoms. The Bertz CT molecular complexity index is 499. The van der Waals surface area contributed by atoms with E-state index in [0.29, 0.717) is 17.6 Å². The summed E-state index contributed by atoms with van der Waals surface area (Å²) in [6.07, 6.45) is 2.55. The van der Waals surface area contributed by atoms with Gasteiger partial charge in [0.25, 0.3) is 0 Å². The van der Waals surface area contributed by atoms with Crippen LogP contribution in [-0.4, -0.2) is 41.2 Å². The Hall–Kier alpha value is -1.33. The molecular weight excluding hydrogens is 302 g/mol. The number of halogens is 1. The molecule has 122 valence electrons. The van der Waals surface area contributed by atoms with E-state index >= 15 is 0 Å². The summed E-state index contributed by atoms with van der Waals surface area (Å²) < 4.78 is 5.25. The second kappa shape index (κ2) is 7.29. The lowest BCUT2D eigenvalue weighted by Gasteiger charge is -2.21. The molecule has 5 nitrogen and oxygen atoms in total. The molecule has 1 aromatic rings. The molecule has 0 aromatic carbocycles. The summed E-state index contributed by atoms with van der Waals surface area (Å²) in [5.41, 5.74) is 0.707. The van der Waals surface area contributed by atoms with Crippen LogP contribution in [0.4, 0.5) is 4.79 Å². The molecule has 1 saturated heterocycles. The van der Waals surface area contributed by atoms with Crippen LogP contribution >= 0.6 is 11.6 Å². The molecule has 1 amide bonds. The fourth-order valence-corrected chi connectivity index (χ4v) is 2.63. The number of ether oxygens (including phenoxy) is 1. The third-order valence-electron chi connectivity index (χ3n) is 3.50. The fraction of sp³-hybridized carbons (Fsp3) is 0.625. The Morgan fingerprint density at radius 2 is 2.27 bits per heavy atom. The predicted molar refractivity (Wildman–Crippen MR) is 86.9 cm³/mol. The van der Waals surface area contributed by atoms with Crippen LogP contribution in [0.2, 0.25) is 5.15 Å². The molecule has 1 atom stereocenters. The monoisotopic (exact) mass is 325 g/mol. The minimum Gasteiger partial charge on any atom is -0.444 e. The maximum Gasteiger partial charge on any atom is 0.407 e. The lowest BCUT2D eigenvalue weighted by molar-refractivity contribution is 0.0519. The van der Waals surface area contributed by atoms with Crippen LogP contribution in [0, 0.1) is 5.92 Å². The van der Waals surface area contributed by atoms with Crippen LogP contribution in [0.25, 0.3) is 0 Å². The van der Waals surface area contributed by atoms with E-state index in [0.717, 1.165) is 31.6 Å². The number of carbonyl (C=O) groups excluding carboxylic acids is 1. The van der Waals surface area contributed by atoms with Crippen molar-refractivity contribution < 1.29 is 9.53 Å². The molecule has 0 radical (unpaired) electrons. The van der Waals surface area contributed by atoms with E-state index in [1.807, 2.05) is 39.1 Å². The first-order chi connectivity index (χ1) is 10.3. The zero-order chi connectivity index (χ0) is 16.2. The van der Waals surface area contributed by atoms with Gasteiger partial charge < -0.3 is 10.1 Å². The molecule has 0 aliphatic carbocycles. The number of carbonyl (C=O) groups is 1. The van der Waals surface area contributed by atoms with Crippen molar-refractivity contribution >= 4 is 17.7 Å². The van der Waals surface area contributed by atoms with Crippen molar-refractivity contribution in [2.75, 3.05) is 19.6 Å². The van der Waals surface area contributed by atoms with Gasteiger partial charge in [0.05, 0.1) is 0 Å². The van der Waals surface area contributed by atoms with E-state index in [1.165, 1.54) is 0 Å². The molecule has 6 heteroatoms. The zero-order valence-corrected chi connectivity index (χ0v) is 14.2. The summed E-state index contributed by atoms with van der Waals surface area (Å²) >= 11 is 5.79. The average molecular weight is 326 g/mol. The van der Waals surface area contributed by atoms with Gasteiger partial charge in [-0.05, 0) is 51.3 Å². The molecule has 1 aliphatic rings. The molecule has 0 bridgehead atoms. The fourth-order valence-electron chi connectivity index (χ4n) is 2.52. The van der Waals surface area contributed by atoms with Gasteiger partial charge in [0, 0.05) is 25.8 Å². The highest BCUT2D eigenvalue weighted by molar-refractivity contribution is 6.29. The third-order valence-corrected chi connectivity index (χ3v) is 3.72. The van der Waals surface area contributed by atoms with E-state index in [4.69, 9.17) is 16.3 Å². The van der Waals surface area contributed by atoms with Crippen molar-refractivity contribution in [2.45, 2.75) is 39.3 Å². The number of pyridine rings is 1. The van der Waals surface area contributed by atoms with E-state index < -0.39 is 5.60 Å². The minimum absolute atomic E-state index is 0.340. The highest BCUT2D eigenvalue weighted by Gasteiger charge is 2.24. The second-order valence-corrected chi connectivity index (χ2v) is 7.15. The zero-order valence-electron chi connectivity index (χ0n) is 13.4. The number of likely N-dealkylation sites (tertiary alicyclic amines) is 1. The third kappa shape index (κ3) is 5.81. The van der Waals surface area contributed by atoms with E-state index in [1.54, 1.807) is 0 Å². The molecule has 1 fully saturated rings. The van der Waals surface area contributed by atoms with Crippen LogP contribution in [0.5, 0.6) is 0 Å².